The van der Waals surface area contributed by atoms with Gasteiger partial charge in [-0.25, -0.2) is 0 Å². The number of hydrogen-bond donors (Lipinski definition) is 0. The fourth-order valence-corrected chi connectivity index (χ4v) is 2.02. The van der Waals surface area contributed by atoms with E-state index < -0.39 is 0 Å². The van der Waals surface area contributed by atoms with Crippen molar-refractivity contribution in [3.8, 4) is 0 Å². The number of rotatable bonds is 7. The Bertz CT molecular complexity index is 111. The second kappa shape index (κ2) is 7.43. The monoisotopic (exact) mass is 182 g/mol. The SMILES string of the molecule is CCCCCCCCB1CCCO1. The summed E-state index contributed by atoms with van der Waals surface area (Å²) in [7, 11) is 0. The van der Waals surface area contributed by atoms with Crippen molar-refractivity contribution in [1.82, 2.24) is 0 Å². The van der Waals surface area contributed by atoms with Gasteiger partial charge in [0.2, 0.25) is 0 Å². The molecule has 0 aliphatic carbocycles. The lowest BCUT2D eigenvalue weighted by Crippen LogP contribution is -2.09. The van der Waals surface area contributed by atoms with Gasteiger partial charge in [-0.05, 0) is 19.1 Å². The molecule has 1 aliphatic heterocycles. The smallest absolute Gasteiger partial charge is 0.293 e. The molecule has 0 aromatic carbocycles. The van der Waals surface area contributed by atoms with E-state index in [-0.39, 0.29) is 0 Å². The van der Waals surface area contributed by atoms with Gasteiger partial charge in [-0.1, -0.05) is 45.4 Å². The largest absolute Gasteiger partial charge is 0.436 e. The number of hydrogen-bond acceptors (Lipinski definition) is 1. The Morgan fingerprint density at radius 1 is 1.08 bits per heavy atom. The summed E-state index contributed by atoms with van der Waals surface area (Å²) in [5.74, 6) is 0. The molecule has 76 valence electrons. The highest BCUT2D eigenvalue weighted by Crippen LogP contribution is 2.17. The first kappa shape index (κ1) is 11.1. The van der Waals surface area contributed by atoms with Crippen LogP contribution in [-0.2, 0) is 4.65 Å². The third kappa shape index (κ3) is 5.35. The molecule has 0 unspecified atom stereocenters. The van der Waals surface area contributed by atoms with E-state index in [1.165, 1.54) is 57.6 Å². The van der Waals surface area contributed by atoms with Crippen LogP contribution in [-0.4, -0.2) is 13.5 Å². The van der Waals surface area contributed by atoms with E-state index in [9.17, 15) is 0 Å². The van der Waals surface area contributed by atoms with Crippen molar-refractivity contribution >= 4 is 6.92 Å². The Labute approximate surface area is 83.4 Å². The summed E-state index contributed by atoms with van der Waals surface area (Å²) >= 11 is 0. The van der Waals surface area contributed by atoms with Gasteiger partial charge in [0.15, 0.2) is 0 Å². The van der Waals surface area contributed by atoms with Crippen molar-refractivity contribution in [2.24, 2.45) is 0 Å². The minimum Gasteiger partial charge on any atom is -0.436 e. The van der Waals surface area contributed by atoms with Crippen LogP contribution in [0.15, 0.2) is 0 Å². The quantitative estimate of drug-likeness (QED) is 0.430. The molecule has 1 fully saturated rings. The molecule has 0 atom stereocenters. The van der Waals surface area contributed by atoms with Crippen molar-refractivity contribution in [2.75, 3.05) is 6.61 Å². The van der Waals surface area contributed by atoms with Crippen LogP contribution in [0.2, 0.25) is 12.6 Å². The Balaban J connectivity index is 1.78. The van der Waals surface area contributed by atoms with Crippen LogP contribution < -0.4 is 0 Å². The average Bonchev–Trinajstić information content (AvgIpc) is 2.63. The van der Waals surface area contributed by atoms with Crippen molar-refractivity contribution in [3.05, 3.63) is 0 Å². The highest BCUT2D eigenvalue weighted by molar-refractivity contribution is 6.52. The van der Waals surface area contributed by atoms with Gasteiger partial charge in [-0.2, -0.15) is 0 Å². The van der Waals surface area contributed by atoms with E-state index in [1.807, 2.05) is 0 Å². The molecule has 0 aromatic rings. The third-order valence-electron chi connectivity index (χ3n) is 2.90. The first-order valence-corrected chi connectivity index (χ1v) is 6.05. The minimum absolute atomic E-state index is 0.617. The lowest BCUT2D eigenvalue weighted by molar-refractivity contribution is 0.358. The molecule has 2 heteroatoms. The lowest BCUT2D eigenvalue weighted by atomic mass is 9.61. The molecule has 1 saturated heterocycles. The standard InChI is InChI=1S/C11H23BO/c1-2-3-4-5-6-7-9-12-10-8-11-13-12/h2-11H2,1H3. The molecule has 0 saturated carbocycles. The zero-order valence-corrected chi connectivity index (χ0v) is 9.06. The molecule has 0 N–H and O–H groups in total. The topological polar surface area (TPSA) is 9.23 Å². The summed E-state index contributed by atoms with van der Waals surface area (Å²) < 4.78 is 5.58. The van der Waals surface area contributed by atoms with Crippen LogP contribution in [0, 0.1) is 0 Å². The molecule has 0 amide bonds. The van der Waals surface area contributed by atoms with Crippen LogP contribution in [0.1, 0.15) is 51.9 Å². The first-order valence-electron chi connectivity index (χ1n) is 6.05. The molecule has 13 heavy (non-hydrogen) atoms. The van der Waals surface area contributed by atoms with Crippen LogP contribution in [0.25, 0.3) is 0 Å². The van der Waals surface area contributed by atoms with Crippen molar-refractivity contribution < 1.29 is 4.65 Å². The minimum atomic E-state index is 0.617. The molecule has 0 aromatic heterocycles. The van der Waals surface area contributed by atoms with E-state index in [1.54, 1.807) is 0 Å². The Kier molecular flexibility index (Phi) is 6.35. The molecule has 0 spiro atoms. The Morgan fingerprint density at radius 2 is 1.85 bits per heavy atom. The van der Waals surface area contributed by atoms with Gasteiger partial charge in [-0.3, -0.25) is 0 Å². The summed E-state index contributed by atoms with van der Waals surface area (Å²) in [5.41, 5.74) is 0. The van der Waals surface area contributed by atoms with Crippen molar-refractivity contribution in [3.63, 3.8) is 0 Å². The summed E-state index contributed by atoms with van der Waals surface area (Å²) in [6.45, 7) is 3.90. The third-order valence-corrected chi connectivity index (χ3v) is 2.90. The second-order valence-corrected chi connectivity index (χ2v) is 4.19. The number of unbranched alkanes of at least 4 members (excludes halogenated alkanes) is 5. The Morgan fingerprint density at radius 3 is 2.54 bits per heavy atom. The normalized spacial score (nSPS) is 16.8. The van der Waals surface area contributed by atoms with Crippen LogP contribution in [0.3, 0.4) is 0 Å². The van der Waals surface area contributed by atoms with E-state index in [4.69, 9.17) is 4.65 Å². The predicted octanol–water partition coefficient (Wildman–Crippen LogP) is 3.76. The van der Waals surface area contributed by atoms with Gasteiger partial charge in [0, 0.05) is 6.61 Å². The summed E-state index contributed by atoms with van der Waals surface area (Å²) in [4.78, 5) is 0. The fraction of sp³-hybridized carbons (Fsp3) is 1.00. The van der Waals surface area contributed by atoms with Gasteiger partial charge in [-0.15, -0.1) is 0 Å². The molecule has 1 heterocycles. The lowest BCUT2D eigenvalue weighted by Gasteiger charge is -2.04. The predicted molar refractivity (Wildman–Crippen MR) is 59.3 cm³/mol. The van der Waals surface area contributed by atoms with Crippen molar-refractivity contribution in [2.45, 2.75) is 64.5 Å². The van der Waals surface area contributed by atoms with Gasteiger partial charge in [0.1, 0.15) is 0 Å². The van der Waals surface area contributed by atoms with Crippen LogP contribution in [0.5, 0.6) is 0 Å². The van der Waals surface area contributed by atoms with Crippen LogP contribution in [0.4, 0.5) is 0 Å². The summed E-state index contributed by atoms with van der Waals surface area (Å²) in [5, 5.41) is 0. The van der Waals surface area contributed by atoms with Gasteiger partial charge < -0.3 is 4.65 Å². The second-order valence-electron chi connectivity index (χ2n) is 4.19. The maximum Gasteiger partial charge on any atom is 0.293 e. The van der Waals surface area contributed by atoms with E-state index in [0.29, 0.717) is 6.92 Å². The van der Waals surface area contributed by atoms with Crippen LogP contribution >= 0.6 is 0 Å². The fourth-order valence-electron chi connectivity index (χ4n) is 2.02. The summed E-state index contributed by atoms with van der Waals surface area (Å²) in [6, 6.07) is 0. The van der Waals surface area contributed by atoms with E-state index in [0.717, 1.165) is 6.61 Å². The highest BCUT2D eigenvalue weighted by Gasteiger charge is 2.19. The molecule has 0 bridgehead atoms. The Hall–Kier alpha value is 0.0249. The van der Waals surface area contributed by atoms with Gasteiger partial charge in [0.25, 0.3) is 6.92 Å². The maximum absolute atomic E-state index is 5.58. The summed E-state index contributed by atoms with van der Waals surface area (Å²) in [6.07, 6.45) is 12.4. The van der Waals surface area contributed by atoms with E-state index >= 15 is 0 Å². The van der Waals surface area contributed by atoms with Gasteiger partial charge >= 0.3 is 0 Å². The maximum atomic E-state index is 5.58. The van der Waals surface area contributed by atoms with E-state index in [2.05, 4.69) is 6.92 Å². The highest BCUT2D eigenvalue weighted by atomic mass is 16.4. The zero-order chi connectivity index (χ0) is 9.36. The molecule has 1 rings (SSSR count). The average molecular weight is 182 g/mol. The van der Waals surface area contributed by atoms with Gasteiger partial charge in [0.05, 0.1) is 0 Å². The van der Waals surface area contributed by atoms with Crippen molar-refractivity contribution in [1.29, 1.82) is 0 Å². The molecular weight excluding hydrogens is 159 g/mol. The molecular formula is C11H23BO. The first-order chi connectivity index (χ1) is 6.43. The molecule has 1 nitrogen and oxygen atoms in total. The zero-order valence-electron chi connectivity index (χ0n) is 9.06. The molecule has 1 aliphatic rings. The molecule has 0 radical (unpaired) electrons.